The SMILES string of the molecule is CC(C)(C)OC(=O)NCCCNc1ccc(C(C)(C)C#N)cc1. The average molecular weight is 317 g/mol. The van der Waals surface area contributed by atoms with E-state index in [4.69, 9.17) is 10.00 Å². The minimum absolute atomic E-state index is 0.388. The molecule has 5 heteroatoms. The van der Waals surface area contributed by atoms with Gasteiger partial charge in [-0.1, -0.05) is 12.1 Å². The molecule has 0 radical (unpaired) electrons. The lowest BCUT2D eigenvalue weighted by molar-refractivity contribution is 0.0528. The van der Waals surface area contributed by atoms with Crippen molar-refractivity contribution in [2.24, 2.45) is 0 Å². The molecule has 1 amide bonds. The number of nitriles is 1. The van der Waals surface area contributed by atoms with E-state index in [1.807, 2.05) is 58.9 Å². The normalized spacial score (nSPS) is 11.5. The second-order valence-corrected chi connectivity index (χ2v) is 7.02. The molecule has 0 aliphatic carbocycles. The van der Waals surface area contributed by atoms with Gasteiger partial charge in [-0.15, -0.1) is 0 Å². The summed E-state index contributed by atoms with van der Waals surface area (Å²) in [5.41, 5.74) is 1.05. The number of benzene rings is 1. The third-order valence-corrected chi connectivity index (χ3v) is 3.24. The van der Waals surface area contributed by atoms with Gasteiger partial charge in [-0.3, -0.25) is 0 Å². The molecule has 0 saturated heterocycles. The molecule has 0 aliphatic heterocycles. The molecule has 1 aromatic carbocycles. The minimum Gasteiger partial charge on any atom is -0.444 e. The highest BCUT2D eigenvalue weighted by Gasteiger charge is 2.19. The van der Waals surface area contributed by atoms with Crippen LogP contribution in [0.3, 0.4) is 0 Å². The Bertz CT molecular complexity index is 551. The molecular weight excluding hydrogens is 290 g/mol. The Morgan fingerprint density at radius 3 is 2.26 bits per heavy atom. The Morgan fingerprint density at radius 1 is 1.13 bits per heavy atom. The summed E-state index contributed by atoms with van der Waals surface area (Å²) in [5.74, 6) is 0. The van der Waals surface area contributed by atoms with Crippen LogP contribution in [0.1, 0.15) is 46.6 Å². The molecule has 2 N–H and O–H groups in total. The van der Waals surface area contributed by atoms with E-state index in [0.29, 0.717) is 6.54 Å². The third kappa shape index (κ3) is 7.05. The van der Waals surface area contributed by atoms with E-state index in [1.54, 1.807) is 0 Å². The molecular formula is C18H27N3O2. The Morgan fingerprint density at radius 2 is 1.74 bits per heavy atom. The molecule has 23 heavy (non-hydrogen) atoms. The summed E-state index contributed by atoms with van der Waals surface area (Å²) >= 11 is 0. The highest BCUT2D eigenvalue weighted by Crippen LogP contribution is 2.23. The summed E-state index contributed by atoms with van der Waals surface area (Å²) < 4.78 is 5.16. The number of carbonyl (C=O) groups is 1. The number of nitrogens with one attached hydrogen (secondary N) is 2. The van der Waals surface area contributed by atoms with Gasteiger partial charge in [0, 0.05) is 18.8 Å². The van der Waals surface area contributed by atoms with Crippen LogP contribution in [-0.4, -0.2) is 24.8 Å². The maximum absolute atomic E-state index is 11.5. The van der Waals surface area contributed by atoms with Crippen LogP contribution >= 0.6 is 0 Å². The molecule has 1 rings (SSSR count). The first-order chi connectivity index (χ1) is 10.6. The van der Waals surface area contributed by atoms with Gasteiger partial charge in [0.1, 0.15) is 5.60 Å². The first kappa shape index (κ1) is 18.8. The zero-order valence-corrected chi connectivity index (χ0v) is 14.7. The smallest absolute Gasteiger partial charge is 0.407 e. The number of alkyl carbamates (subject to hydrolysis) is 1. The van der Waals surface area contributed by atoms with Crippen molar-refractivity contribution >= 4 is 11.8 Å². The largest absolute Gasteiger partial charge is 0.444 e. The molecule has 0 aromatic heterocycles. The Hall–Kier alpha value is -2.22. The van der Waals surface area contributed by atoms with Crippen LogP contribution in [0, 0.1) is 11.3 Å². The number of rotatable bonds is 6. The number of nitrogens with zero attached hydrogens (tertiary/aromatic N) is 1. The lowest BCUT2D eigenvalue weighted by atomic mass is 9.86. The van der Waals surface area contributed by atoms with Gasteiger partial charge in [-0.05, 0) is 58.7 Å². The van der Waals surface area contributed by atoms with Gasteiger partial charge in [0.15, 0.2) is 0 Å². The average Bonchev–Trinajstić information content (AvgIpc) is 2.45. The second-order valence-electron chi connectivity index (χ2n) is 7.02. The molecule has 0 unspecified atom stereocenters. The maximum atomic E-state index is 11.5. The Labute approximate surface area is 139 Å². The molecule has 1 aromatic rings. The number of hydrogen-bond donors (Lipinski definition) is 2. The van der Waals surface area contributed by atoms with Gasteiger partial charge in [0.05, 0.1) is 11.5 Å². The summed E-state index contributed by atoms with van der Waals surface area (Å²) in [6, 6.07) is 10.2. The van der Waals surface area contributed by atoms with Crippen molar-refractivity contribution in [3.05, 3.63) is 29.8 Å². The van der Waals surface area contributed by atoms with Crippen LogP contribution in [0.2, 0.25) is 0 Å². The summed E-state index contributed by atoms with van der Waals surface area (Å²) in [7, 11) is 0. The van der Waals surface area contributed by atoms with E-state index in [1.165, 1.54) is 0 Å². The quantitative estimate of drug-likeness (QED) is 0.782. The maximum Gasteiger partial charge on any atom is 0.407 e. The minimum atomic E-state index is -0.476. The van der Waals surface area contributed by atoms with Gasteiger partial charge in [-0.2, -0.15) is 5.26 Å². The van der Waals surface area contributed by atoms with Crippen LogP contribution in [-0.2, 0) is 10.2 Å². The summed E-state index contributed by atoms with van der Waals surface area (Å²) in [6.07, 6.45) is 0.408. The molecule has 0 bridgehead atoms. The number of ether oxygens (including phenoxy) is 1. The molecule has 0 aliphatic rings. The van der Waals surface area contributed by atoms with Crippen molar-refractivity contribution < 1.29 is 9.53 Å². The zero-order chi connectivity index (χ0) is 17.5. The standard InChI is InChI=1S/C18H27N3O2/c1-17(2,3)23-16(22)21-12-6-11-20-15-9-7-14(8-10-15)18(4,5)13-19/h7-10,20H,6,11-12H2,1-5H3,(H,21,22). The number of anilines is 1. The van der Waals surface area contributed by atoms with E-state index in [0.717, 1.165) is 24.2 Å². The van der Waals surface area contributed by atoms with Crippen molar-refractivity contribution in [3.8, 4) is 6.07 Å². The third-order valence-electron chi connectivity index (χ3n) is 3.24. The summed E-state index contributed by atoms with van der Waals surface area (Å²) in [6.45, 7) is 10.6. The van der Waals surface area contributed by atoms with Crippen molar-refractivity contribution in [1.29, 1.82) is 5.26 Å². The van der Waals surface area contributed by atoms with E-state index >= 15 is 0 Å². The zero-order valence-electron chi connectivity index (χ0n) is 14.7. The molecule has 0 spiro atoms. The predicted octanol–water partition coefficient (Wildman–Crippen LogP) is 3.81. The van der Waals surface area contributed by atoms with Gasteiger partial charge >= 0.3 is 6.09 Å². The fourth-order valence-electron chi connectivity index (χ4n) is 1.90. The lowest BCUT2D eigenvalue weighted by Gasteiger charge is -2.19. The van der Waals surface area contributed by atoms with Crippen LogP contribution in [0.25, 0.3) is 0 Å². The van der Waals surface area contributed by atoms with E-state index < -0.39 is 11.0 Å². The predicted molar refractivity (Wildman–Crippen MR) is 92.4 cm³/mol. The van der Waals surface area contributed by atoms with Crippen molar-refractivity contribution in [2.45, 2.75) is 52.1 Å². The topological polar surface area (TPSA) is 74.2 Å². The van der Waals surface area contributed by atoms with E-state index in [2.05, 4.69) is 16.7 Å². The van der Waals surface area contributed by atoms with Crippen LogP contribution < -0.4 is 10.6 Å². The molecule has 0 atom stereocenters. The first-order valence-corrected chi connectivity index (χ1v) is 7.86. The molecule has 0 saturated carbocycles. The number of carbonyl (C=O) groups excluding carboxylic acids is 1. The van der Waals surface area contributed by atoms with Gasteiger partial charge < -0.3 is 15.4 Å². The summed E-state index contributed by atoms with van der Waals surface area (Å²) in [4.78, 5) is 11.5. The number of amides is 1. The first-order valence-electron chi connectivity index (χ1n) is 7.86. The molecule has 126 valence electrons. The highest BCUT2D eigenvalue weighted by atomic mass is 16.6. The second kappa shape index (κ2) is 7.87. The van der Waals surface area contributed by atoms with Gasteiger partial charge in [0.2, 0.25) is 0 Å². The molecule has 0 fully saturated rings. The lowest BCUT2D eigenvalue weighted by Crippen LogP contribution is -2.33. The summed E-state index contributed by atoms with van der Waals surface area (Å²) in [5, 5.41) is 15.1. The Kier molecular flexibility index (Phi) is 6.44. The van der Waals surface area contributed by atoms with Gasteiger partial charge in [-0.25, -0.2) is 4.79 Å². The Balaban J connectivity index is 2.29. The van der Waals surface area contributed by atoms with Crippen LogP contribution in [0.4, 0.5) is 10.5 Å². The highest BCUT2D eigenvalue weighted by molar-refractivity contribution is 5.67. The van der Waals surface area contributed by atoms with Crippen molar-refractivity contribution in [1.82, 2.24) is 5.32 Å². The molecule has 0 heterocycles. The van der Waals surface area contributed by atoms with E-state index in [9.17, 15) is 4.79 Å². The van der Waals surface area contributed by atoms with Crippen LogP contribution in [0.15, 0.2) is 24.3 Å². The van der Waals surface area contributed by atoms with Crippen LogP contribution in [0.5, 0.6) is 0 Å². The van der Waals surface area contributed by atoms with Crippen molar-refractivity contribution in [2.75, 3.05) is 18.4 Å². The fraction of sp³-hybridized carbons (Fsp3) is 0.556. The van der Waals surface area contributed by atoms with Gasteiger partial charge in [0.25, 0.3) is 0 Å². The molecule has 5 nitrogen and oxygen atoms in total. The fourth-order valence-corrected chi connectivity index (χ4v) is 1.90. The number of hydrogen-bond acceptors (Lipinski definition) is 4. The van der Waals surface area contributed by atoms with Crippen molar-refractivity contribution in [3.63, 3.8) is 0 Å². The monoisotopic (exact) mass is 317 g/mol. The van der Waals surface area contributed by atoms with E-state index in [-0.39, 0.29) is 6.09 Å².